The lowest BCUT2D eigenvalue weighted by Gasteiger charge is -1.86. The average molecular weight is 142 g/mol. The number of ether oxygens (including phenoxy) is 1. The lowest BCUT2D eigenvalue weighted by atomic mass is 10.6. The molecule has 0 unspecified atom stereocenters. The molecule has 0 rings (SSSR count). The van der Waals surface area contributed by atoms with Gasteiger partial charge in [-0.25, -0.2) is 4.79 Å². The zero-order chi connectivity index (χ0) is 7.82. The van der Waals surface area contributed by atoms with E-state index in [0.29, 0.717) is 6.29 Å². The first-order chi connectivity index (χ1) is 4.77. The molecule has 54 valence electrons. The first kappa shape index (κ1) is 8.66. The third-order valence-corrected chi connectivity index (χ3v) is 0.555. The number of carbonyl (C=O) groups excluding carboxylic acids is 1. The Kier molecular flexibility index (Phi) is 5.01. The lowest BCUT2D eigenvalue weighted by molar-refractivity contribution is -0.130. The Balaban J connectivity index is 3.28. The van der Waals surface area contributed by atoms with Crippen molar-refractivity contribution < 1.29 is 19.4 Å². The summed E-state index contributed by atoms with van der Waals surface area (Å²) >= 11 is 0. The third-order valence-electron chi connectivity index (χ3n) is 0.555. The highest BCUT2D eigenvalue weighted by Gasteiger charge is 1.82. The van der Waals surface area contributed by atoms with E-state index < -0.39 is 5.97 Å². The molecule has 0 aliphatic carbocycles. The maximum absolute atomic E-state index is 9.73. The van der Waals surface area contributed by atoms with Crippen molar-refractivity contribution in [2.45, 2.75) is 0 Å². The first-order valence-electron chi connectivity index (χ1n) is 2.50. The Morgan fingerprint density at radius 1 is 1.70 bits per heavy atom. The quantitative estimate of drug-likeness (QED) is 0.321. The highest BCUT2D eigenvalue weighted by molar-refractivity contribution is 5.86. The molecule has 0 atom stereocenters. The van der Waals surface area contributed by atoms with E-state index in [1.807, 2.05) is 5.92 Å². The van der Waals surface area contributed by atoms with Gasteiger partial charge in [0.15, 0.2) is 0 Å². The molecule has 0 spiro atoms. The van der Waals surface area contributed by atoms with E-state index >= 15 is 0 Å². The van der Waals surface area contributed by atoms with Gasteiger partial charge in [0.05, 0.1) is 0 Å². The van der Waals surface area contributed by atoms with Crippen LogP contribution in [0.1, 0.15) is 0 Å². The van der Waals surface area contributed by atoms with Gasteiger partial charge in [-0.3, -0.25) is 0 Å². The summed E-state index contributed by atoms with van der Waals surface area (Å²) in [5.41, 5.74) is 0. The van der Waals surface area contributed by atoms with Crippen molar-refractivity contribution >= 4 is 12.3 Å². The van der Waals surface area contributed by atoms with Crippen LogP contribution in [0, 0.1) is 11.8 Å². The second-order valence-electron chi connectivity index (χ2n) is 1.29. The zero-order valence-corrected chi connectivity index (χ0v) is 5.16. The summed E-state index contributed by atoms with van der Waals surface area (Å²) in [4.78, 5) is 19.3. The summed E-state index contributed by atoms with van der Waals surface area (Å²) < 4.78 is 4.53. The Labute approximate surface area is 57.8 Å². The molecule has 4 nitrogen and oxygen atoms in total. The van der Waals surface area contributed by atoms with E-state index in [0.717, 1.165) is 0 Å². The average Bonchev–Trinajstić information content (AvgIpc) is 1.87. The van der Waals surface area contributed by atoms with Crippen LogP contribution in [0.2, 0.25) is 0 Å². The van der Waals surface area contributed by atoms with E-state index in [2.05, 4.69) is 10.7 Å². The van der Waals surface area contributed by atoms with Crippen LogP contribution in [0.25, 0.3) is 0 Å². The summed E-state index contributed by atoms with van der Waals surface area (Å²) in [5.74, 6) is 2.82. The highest BCUT2D eigenvalue weighted by Crippen LogP contribution is 1.67. The Morgan fingerprint density at radius 2 is 2.40 bits per heavy atom. The molecule has 0 aliphatic heterocycles. The largest absolute Gasteiger partial charge is 0.472 e. The first-order valence-corrected chi connectivity index (χ1v) is 2.50. The van der Waals surface area contributed by atoms with Crippen LogP contribution in [-0.4, -0.2) is 30.6 Å². The van der Waals surface area contributed by atoms with Crippen molar-refractivity contribution in [3.8, 4) is 11.8 Å². The van der Waals surface area contributed by atoms with E-state index in [1.165, 1.54) is 0 Å². The summed E-state index contributed by atoms with van der Waals surface area (Å²) in [5, 5.41) is 7.97. The molecule has 0 saturated heterocycles. The van der Waals surface area contributed by atoms with Crippen LogP contribution in [-0.2, 0) is 14.3 Å². The van der Waals surface area contributed by atoms with Gasteiger partial charge in [-0.2, -0.15) is 0 Å². The van der Waals surface area contributed by atoms with Crippen LogP contribution in [0.3, 0.4) is 0 Å². The minimum atomic E-state index is -1.20. The number of carboxylic acid groups (broad SMARTS) is 1. The molecule has 0 bridgehead atoms. The van der Waals surface area contributed by atoms with Crippen LogP contribution < -0.4 is 0 Å². The number of hydrogen-bond acceptors (Lipinski definition) is 3. The second-order valence-corrected chi connectivity index (χ2v) is 1.29. The molecule has 0 fully saturated rings. The number of carbonyl (C=O) groups is 2. The van der Waals surface area contributed by atoms with E-state index in [-0.39, 0.29) is 13.2 Å². The van der Waals surface area contributed by atoms with Gasteiger partial charge in [0.2, 0.25) is 0 Å². The second kappa shape index (κ2) is 5.79. The number of hydrogen-bond donors (Lipinski definition) is 1. The van der Waals surface area contributed by atoms with Crippen molar-refractivity contribution in [2.75, 3.05) is 13.2 Å². The van der Waals surface area contributed by atoms with Crippen molar-refractivity contribution in [1.82, 2.24) is 0 Å². The number of aldehydes is 1. The minimum Gasteiger partial charge on any atom is -0.472 e. The molecule has 0 heterocycles. The molecule has 10 heavy (non-hydrogen) atoms. The number of aliphatic carboxylic acids is 1. The van der Waals surface area contributed by atoms with E-state index in [1.54, 1.807) is 0 Å². The van der Waals surface area contributed by atoms with Gasteiger partial charge in [0.25, 0.3) is 0 Å². The Morgan fingerprint density at radius 3 is 2.90 bits per heavy atom. The monoisotopic (exact) mass is 142 g/mol. The van der Waals surface area contributed by atoms with Gasteiger partial charge in [-0.05, 0) is 0 Å². The SMILES string of the molecule is O=CCOCC#CC(=O)O. The van der Waals surface area contributed by atoms with Crippen LogP contribution in [0.15, 0.2) is 0 Å². The molecular formula is C6H6O4. The molecule has 0 aliphatic rings. The smallest absolute Gasteiger partial charge is 0.381 e. The zero-order valence-electron chi connectivity index (χ0n) is 5.16. The highest BCUT2D eigenvalue weighted by atomic mass is 16.5. The fraction of sp³-hybridized carbons (Fsp3) is 0.333. The molecule has 0 saturated carbocycles. The molecule has 0 aromatic carbocycles. The summed E-state index contributed by atoms with van der Waals surface area (Å²) in [6, 6.07) is 0. The summed E-state index contributed by atoms with van der Waals surface area (Å²) in [7, 11) is 0. The predicted octanol–water partition coefficient (Wildman–Crippen LogP) is -0.710. The van der Waals surface area contributed by atoms with Crippen LogP contribution in [0.5, 0.6) is 0 Å². The summed E-state index contributed by atoms with van der Waals surface area (Å²) in [6.07, 6.45) is 0.572. The third kappa shape index (κ3) is 6.66. The molecule has 0 aromatic heterocycles. The molecule has 0 amide bonds. The fourth-order valence-corrected chi connectivity index (χ4v) is 0.270. The number of carboxylic acids is 1. The molecule has 0 radical (unpaired) electrons. The minimum absolute atomic E-state index is 0.0228. The van der Waals surface area contributed by atoms with Crippen molar-refractivity contribution in [3.05, 3.63) is 0 Å². The van der Waals surface area contributed by atoms with Gasteiger partial charge in [-0.1, -0.05) is 5.92 Å². The molecule has 4 heteroatoms. The summed E-state index contributed by atoms with van der Waals surface area (Å²) in [6.45, 7) is -0.0701. The topological polar surface area (TPSA) is 63.6 Å². The standard InChI is InChI=1S/C6H6O4/c7-3-5-10-4-1-2-6(8)9/h3H,4-5H2,(H,8,9). The maximum atomic E-state index is 9.73. The van der Waals surface area contributed by atoms with Gasteiger partial charge in [0.1, 0.15) is 19.5 Å². The normalized spacial score (nSPS) is 7.60. The van der Waals surface area contributed by atoms with Crippen LogP contribution in [0.4, 0.5) is 0 Å². The van der Waals surface area contributed by atoms with Gasteiger partial charge < -0.3 is 14.6 Å². The van der Waals surface area contributed by atoms with Crippen molar-refractivity contribution in [2.24, 2.45) is 0 Å². The Bertz CT molecular complexity index is 174. The lowest BCUT2D eigenvalue weighted by Crippen LogP contribution is -1.96. The predicted molar refractivity (Wildman–Crippen MR) is 32.3 cm³/mol. The van der Waals surface area contributed by atoms with E-state index in [9.17, 15) is 9.59 Å². The molecular weight excluding hydrogens is 136 g/mol. The van der Waals surface area contributed by atoms with Gasteiger partial charge in [-0.15, -0.1) is 0 Å². The Hall–Kier alpha value is -1.34. The van der Waals surface area contributed by atoms with Crippen LogP contribution >= 0.6 is 0 Å². The van der Waals surface area contributed by atoms with Gasteiger partial charge in [0, 0.05) is 5.92 Å². The van der Waals surface area contributed by atoms with Crippen molar-refractivity contribution in [1.29, 1.82) is 0 Å². The molecule has 1 N–H and O–H groups in total. The van der Waals surface area contributed by atoms with E-state index in [4.69, 9.17) is 5.11 Å². The fourth-order valence-electron chi connectivity index (χ4n) is 0.270. The number of rotatable bonds is 3. The van der Waals surface area contributed by atoms with Gasteiger partial charge >= 0.3 is 5.97 Å². The van der Waals surface area contributed by atoms with Crippen molar-refractivity contribution in [3.63, 3.8) is 0 Å². The maximum Gasteiger partial charge on any atom is 0.381 e. The molecule has 0 aromatic rings.